The Hall–Kier alpha value is -2.68. The van der Waals surface area contributed by atoms with Crippen molar-refractivity contribution in [1.82, 2.24) is 15.0 Å². The van der Waals surface area contributed by atoms with E-state index in [-0.39, 0.29) is 24.3 Å². The molecule has 4 heterocycles. The Morgan fingerprint density at radius 2 is 2.23 bits per heavy atom. The number of carbonyl (C=O) groups excluding carboxylic acids is 3. The number of nitrogens with zero attached hydrogens (tertiary/aromatic N) is 3. The maximum atomic E-state index is 12.6. The number of carbonyl (C=O) groups is 3. The van der Waals surface area contributed by atoms with Crippen LogP contribution in [0, 0.1) is 0 Å². The maximum Gasteiger partial charge on any atom is 0.257 e. The minimum atomic E-state index is -0.196. The van der Waals surface area contributed by atoms with Crippen LogP contribution in [-0.2, 0) is 29.0 Å². The van der Waals surface area contributed by atoms with Crippen LogP contribution >= 0.6 is 11.3 Å². The molecular formula is C17H18N4O4S. The van der Waals surface area contributed by atoms with Crippen molar-refractivity contribution in [1.29, 1.82) is 0 Å². The summed E-state index contributed by atoms with van der Waals surface area (Å²) in [6.45, 7) is 1.09. The molecule has 0 aromatic carbocycles. The normalized spacial score (nSPS) is 16.8. The van der Waals surface area contributed by atoms with Gasteiger partial charge in [0.05, 0.1) is 24.8 Å². The molecule has 0 fully saturated rings. The Morgan fingerprint density at radius 3 is 3.00 bits per heavy atom. The number of nitrogens with one attached hydrogen (secondary N) is 1. The monoisotopic (exact) mass is 374 g/mol. The van der Waals surface area contributed by atoms with Crippen LogP contribution in [0.3, 0.4) is 0 Å². The quantitative estimate of drug-likeness (QED) is 0.873. The summed E-state index contributed by atoms with van der Waals surface area (Å²) in [5.41, 5.74) is 1.55. The molecule has 0 aliphatic carbocycles. The first-order chi connectivity index (χ1) is 12.5. The van der Waals surface area contributed by atoms with Crippen LogP contribution in [0.25, 0.3) is 0 Å². The van der Waals surface area contributed by atoms with Crippen molar-refractivity contribution < 1.29 is 18.9 Å². The summed E-state index contributed by atoms with van der Waals surface area (Å²) in [4.78, 5) is 41.2. The molecule has 0 bridgehead atoms. The molecule has 1 N–H and O–H groups in total. The minimum absolute atomic E-state index is 0.0446. The second-order valence-electron chi connectivity index (χ2n) is 6.46. The number of thiophene rings is 1. The van der Waals surface area contributed by atoms with E-state index < -0.39 is 0 Å². The molecule has 26 heavy (non-hydrogen) atoms. The molecule has 2 aromatic rings. The number of anilines is 1. The zero-order valence-electron chi connectivity index (χ0n) is 14.3. The third kappa shape index (κ3) is 2.98. The predicted octanol–water partition coefficient (Wildman–Crippen LogP) is 1.28. The Bertz CT molecular complexity index is 874. The first-order valence-electron chi connectivity index (χ1n) is 8.40. The standard InChI is InChI=1S/C17H18N4O4S/c1-20-9-13(22)19-16-15(17(20)24)11-5-7-21(8-12(11)26-16)14(23)3-2-10-4-6-18-25-10/h4,6H,2-3,5,7-9H2,1H3,(H,19,22). The van der Waals surface area contributed by atoms with Gasteiger partial charge in [-0.2, -0.15) is 0 Å². The molecule has 2 aliphatic heterocycles. The molecule has 0 atom stereocenters. The molecule has 136 valence electrons. The molecule has 0 unspecified atom stereocenters. The molecule has 0 radical (unpaired) electrons. The highest BCUT2D eigenvalue weighted by molar-refractivity contribution is 7.17. The fourth-order valence-electron chi connectivity index (χ4n) is 3.33. The van der Waals surface area contributed by atoms with E-state index in [1.165, 1.54) is 16.2 Å². The zero-order chi connectivity index (χ0) is 18.3. The van der Waals surface area contributed by atoms with Gasteiger partial charge in [0, 0.05) is 37.4 Å². The summed E-state index contributed by atoms with van der Waals surface area (Å²) in [5.74, 6) is 0.400. The summed E-state index contributed by atoms with van der Waals surface area (Å²) >= 11 is 1.40. The molecule has 8 nitrogen and oxygen atoms in total. The van der Waals surface area contributed by atoms with Gasteiger partial charge >= 0.3 is 0 Å². The van der Waals surface area contributed by atoms with E-state index in [1.54, 1.807) is 24.2 Å². The third-order valence-electron chi connectivity index (χ3n) is 4.68. The number of aromatic nitrogens is 1. The Kier molecular flexibility index (Phi) is 4.23. The predicted molar refractivity (Wildman–Crippen MR) is 93.9 cm³/mol. The summed E-state index contributed by atoms with van der Waals surface area (Å²) < 4.78 is 5.03. The van der Waals surface area contributed by atoms with E-state index in [9.17, 15) is 14.4 Å². The first kappa shape index (κ1) is 16.8. The van der Waals surface area contributed by atoms with Gasteiger partial charge in [-0.1, -0.05) is 5.16 Å². The average Bonchev–Trinajstić information content (AvgIpc) is 3.23. The van der Waals surface area contributed by atoms with Gasteiger partial charge in [0.2, 0.25) is 11.8 Å². The largest absolute Gasteiger partial charge is 0.361 e. The Morgan fingerprint density at radius 1 is 1.38 bits per heavy atom. The maximum absolute atomic E-state index is 12.6. The highest BCUT2D eigenvalue weighted by Crippen LogP contribution is 2.38. The van der Waals surface area contributed by atoms with Gasteiger partial charge in [0.15, 0.2) is 0 Å². The number of fused-ring (bicyclic) bond motifs is 3. The highest BCUT2D eigenvalue weighted by Gasteiger charge is 2.33. The average molecular weight is 374 g/mol. The lowest BCUT2D eigenvalue weighted by Gasteiger charge is -2.27. The van der Waals surface area contributed by atoms with E-state index in [0.29, 0.717) is 48.7 Å². The molecule has 3 amide bonds. The number of amides is 3. The van der Waals surface area contributed by atoms with Crippen molar-refractivity contribution >= 4 is 34.1 Å². The molecule has 9 heteroatoms. The third-order valence-corrected chi connectivity index (χ3v) is 5.81. The van der Waals surface area contributed by atoms with Crippen molar-refractivity contribution in [2.75, 3.05) is 25.5 Å². The smallest absolute Gasteiger partial charge is 0.257 e. The van der Waals surface area contributed by atoms with Crippen molar-refractivity contribution in [3.63, 3.8) is 0 Å². The number of likely N-dealkylation sites (N-methyl/N-ethyl adjacent to an activating group) is 1. The van der Waals surface area contributed by atoms with E-state index in [0.717, 1.165) is 10.4 Å². The lowest BCUT2D eigenvalue weighted by atomic mass is 10.0. The molecular weight excluding hydrogens is 356 g/mol. The summed E-state index contributed by atoms with van der Waals surface area (Å²) in [5, 5.41) is 7.06. The van der Waals surface area contributed by atoms with E-state index in [1.807, 2.05) is 0 Å². The first-order valence-corrected chi connectivity index (χ1v) is 9.21. The van der Waals surface area contributed by atoms with Crippen molar-refractivity contribution in [2.24, 2.45) is 0 Å². The SMILES string of the molecule is CN1CC(=O)Nc2sc3c(c2C1=O)CCN(C(=O)CCc1ccno1)C3. The van der Waals surface area contributed by atoms with Crippen LogP contribution in [0.2, 0.25) is 0 Å². The van der Waals surface area contributed by atoms with Gasteiger partial charge in [-0.05, 0) is 12.0 Å². The van der Waals surface area contributed by atoms with Gasteiger partial charge < -0.3 is 19.6 Å². The van der Waals surface area contributed by atoms with Crippen LogP contribution in [-0.4, -0.2) is 52.8 Å². The van der Waals surface area contributed by atoms with Crippen LogP contribution in [0.1, 0.15) is 33.0 Å². The van der Waals surface area contributed by atoms with Gasteiger partial charge in [-0.25, -0.2) is 0 Å². The highest BCUT2D eigenvalue weighted by atomic mass is 32.1. The van der Waals surface area contributed by atoms with Crippen molar-refractivity contribution in [2.45, 2.75) is 25.8 Å². The van der Waals surface area contributed by atoms with Crippen LogP contribution < -0.4 is 5.32 Å². The van der Waals surface area contributed by atoms with E-state index in [2.05, 4.69) is 10.5 Å². The van der Waals surface area contributed by atoms with Gasteiger partial charge in [-0.3, -0.25) is 14.4 Å². The molecule has 2 aliphatic rings. The van der Waals surface area contributed by atoms with E-state index >= 15 is 0 Å². The van der Waals surface area contributed by atoms with Crippen molar-refractivity contribution in [3.8, 4) is 0 Å². The molecule has 0 saturated carbocycles. The summed E-state index contributed by atoms with van der Waals surface area (Å²) in [7, 11) is 1.63. The number of hydrogen-bond donors (Lipinski definition) is 1. The molecule has 2 aromatic heterocycles. The number of rotatable bonds is 3. The fourth-order valence-corrected chi connectivity index (χ4v) is 4.61. The lowest BCUT2D eigenvalue weighted by Crippen LogP contribution is -2.36. The second-order valence-corrected chi connectivity index (χ2v) is 7.57. The molecule has 0 spiro atoms. The van der Waals surface area contributed by atoms with Crippen molar-refractivity contribution in [3.05, 3.63) is 34.0 Å². The Labute approximate surface area is 153 Å². The van der Waals surface area contributed by atoms with Crippen LogP contribution in [0.5, 0.6) is 0 Å². The van der Waals surface area contributed by atoms with Crippen LogP contribution in [0.15, 0.2) is 16.8 Å². The van der Waals surface area contributed by atoms with Gasteiger partial charge in [0.25, 0.3) is 5.91 Å². The van der Waals surface area contributed by atoms with Crippen LogP contribution in [0.4, 0.5) is 5.00 Å². The minimum Gasteiger partial charge on any atom is -0.361 e. The fraction of sp³-hybridized carbons (Fsp3) is 0.412. The van der Waals surface area contributed by atoms with E-state index in [4.69, 9.17) is 4.52 Å². The summed E-state index contributed by atoms with van der Waals surface area (Å²) in [6, 6.07) is 1.75. The molecule has 4 rings (SSSR count). The van der Waals surface area contributed by atoms with Gasteiger partial charge in [-0.15, -0.1) is 11.3 Å². The van der Waals surface area contributed by atoms with Gasteiger partial charge in [0.1, 0.15) is 10.8 Å². The molecule has 0 saturated heterocycles. The summed E-state index contributed by atoms with van der Waals surface area (Å²) in [6.07, 6.45) is 3.05. The number of aryl methyl sites for hydroxylation is 1. The topological polar surface area (TPSA) is 95.8 Å². The Balaban J connectivity index is 1.51. The lowest BCUT2D eigenvalue weighted by molar-refractivity contribution is -0.132. The zero-order valence-corrected chi connectivity index (χ0v) is 15.1. The number of hydrogen-bond acceptors (Lipinski definition) is 6. The second kappa shape index (κ2) is 6.56.